The van der Waals surface area contributed by atoms with Gasteiger partial charge in [0.15, 0.2) is 5.90 Å². The van der Waals surface area contributed by atoms with E-state index < -0.39 is 7.92 Å². The molecule has 2 aromatic rings. The topological polar surface area (TPSA) is 21.6 Å². The van der Waals surface area contributed by atoms with Gasteiger partial charge in [-0.25, -0.2) is 4.99 Å². The van der Waals surface area contributed by atoms with Crippen molar-refractivity contribution in [1.29, 1.82) is 0 Å². The Labute approximate surface area is 157 Å². The summed E-state index contributed by atoms with van der Waals surface area (Å²) in [5.41, 5.74) is 0.513. The Kier molecular flexibility index (Phi) is 5.22. The third-order valence-corrected chi connectivity index (χ3v) is 8.19. The van der Waals surface area contributed by atoms with Crippen LogP contribution in [0.15, 0.2) is 77.8 Å². The first-order valence-electron chi connectivity index (χ1n) is 9.50. The number of hydrogen-bond donors (Lipinski definition) is 0. The first kappa shape index (κ1) is 17.5. The van der Waals surface area contributed by atoms with E-state index in [1.165, 1.54) is 10.6 Å². The maximum Gasteiger partial charge on any atom is 0.191 e. The molecule has 2 aliphatic rings. The van der Waals surface area contributed by atoms with Crippen LogP contribution in [0.2, 0.25) is 0 Å². The summed E-state index contributed by atoms with van der Waals surface area (Å²) in [5.74, 6) is 1.79. The molecule has 1 heterocycles. The van der Waals surface area contributed by atoms with Crippen LogP contribution < -0.4 is 10.6 Å². The van der Waals surface area contributed by atoms with Crippen LogP contribution in [0.3, 0.4) is 0 Å². The third kappa shape index (κ3) is 3.48. The molecule has 0 saturated heterocycles. The number of ether oxygens (including phenoxy) is 1. The maximum atomic E-state index is 6.07. The van der Waals surface area contributed by atoms with Gasteiger partial charge in [-0.2, -0.15) is 0 Å². The lowest BCUT2D eigenvalue weighted by molar-refractivity contribution is 0.281. The van der Waals surface area contributed by atoms with E-state index in [1.807, 2.05) is 0 Å². The molecule has 2 nitrogen and oxygen atoms in total. The molecule has 0 amide bonds. The quantitative estimate of drug-likeness (QED) is 0.565. The second-order valence-electron chi connectivity index (χ2n) is 7.39. The van der Waals surface area contributed by atoms with Crippen molar-refractivity contribution in [2.45, 2.75) is 32.0 Å². The van der Waals surface area contributed by atoms with Gasteiger partial charge in [-0.3, -0.25) is 0 Å². The Hall–Kier alpha value is -1.92. The molecular weight excluding hydrogens is 337 g/mol. The molecule has 1 aliphatic heterocycles. The van der Waals surface area contributed by atoms with Crippen molar-refractivity contribution >= 4 is 24.4 Å². The molecule has 3 heteroatoms. The SMILES string of the molecule is CC(C)[C@H]1COC(C2C=CCC2P(c2ccccc2)c2ccccc2)=N1. The van der Waals surface area contributed by atoms with Crippen molar-refractivity contribution in [2.24, 2.45) is 16.8 Å². The highest BCUT2D eigenvalue weighted by atomic mass is 31.1. The molecule has 2 aromatic carbocycles. The maximum absolute atomic E-state index is 6.07. The number of allylic oxidation sites excluding steroid dienone is 1. The summed E-state index contributed by atoms with van der Waals surface area (Å²) in [6.45, 7) is 5.19. The Morgan fingerprint density at radius 3 is 2.12 bits per heavy atom. The molecule has 0 N–H and O–H groups in total. The smallest absolute Gasteiger partial charge is 0.191 e. The van der Waals surface area contributed by atoms with Crippen LogP contribution in [-0.4, -0.2) is 24.2 Å². The molecule has 26 heavy (non-hydrogen) atoms. The number of hydrogen-bond acceptors (Lipinski definition) is 2. The Bertz CT molecular complexity index is 745. The zero-order valence-corrected chi connectivity index (χ0v) is 16.3. The van der Waals surface area contributed by atoms with E-state index in [0.717, 1.165) is 18.9 Å². The summed E-state index contributed by atoms with van der Waals surface area (Å²) in [6.07, 6.45) is 5.74. The van der Waals surface area contributed by atoms with Gasteiger partial charge >= 0.3 is 0 Å². The molecule has 1 aliphatic carbocycles. The van der Waals surface area contributed by atoms with Crippen LogP contribution in [0, 0.1) is 11.8 Å². The van der Waals surface area contributed by atoms with E-state index >= 15 is 0 Å². The second-order valence-corrected chi connectivity index (χ2v) is 9.82. The summed E-state index contributed by atoms with van der Waals surface area (Å²) in [6, 6.07) is 22.3. The van der Waals surface area contributed by atoms with Crippen molar-refractivity contribution in [3.63, 3.8) is 0 Å². The number of aliphatic imine (C=N–C) groups is 1. The molecule has 3 atom stereocenters. The predicted molar refractivity (Wildman–Crippen MR) is 112 cm³/mol. The normalized spacial score (nSPS) is 24.9. The third-order valence-electron chi connectivity index (χ3n) is 5.29. The lowest BCUT2D eigenvalue weighted by Crippen LogP contribution is -2.29. The van der Waals surface area contributed by atoms with Crippen LogP contribution in [0.4, 0.5) is 0 Å². The average Bonchev–Trinajstić information content (AvgIpc) is 3.33. The largest absolute Gasteiger partial charge is 0.478 e. The van der Waals surface area contributed by atoms with Crippen LogP contribution in [0.1, 0.15) is 20.3 Å². The van der Waals surface area contributed by atoms with Crippen LogP contribution in [-0.2, 0) is 4.74 Å². The van der Waals surface area contributed by atoms with Gasteiger partial charge in [-0.1, -0.05) is 86.7 Å². The molecule has 2 unspecified atom stereocenters. The Balaban J connectivity index is 1.69. The number of nitrogens with zero attached hydrogens (tertiary/aromatic N) is 1. The van der Waals surface area contributed by atoms with Gasteiger partial charge in [0.2, 0.25) is 0 Å². The fourth-order valence-corrected chi connectivity index (χ4v) is 6.73. The summed E-state index contributed by atoms with van der Waals surface area (Å²) < 4.78 is 6.07. The summed E-state index contributed by atoms with van der Waals surface area (Å²) >= 11 is 0. The molecule has 4 rings (SSSR count). The van der Waals surface area contributed by atoms with Crippen molar-refractivity contribution < 1.29 is 4.74 Å². The molecule has 134 valence electrons. The zero-order chi connectivity index (χ0) is 17.9. The summed E-state index contributed by atoms with van der Waals surface area (Å²) in [5, 5.41) is 2.87. The van der Waals surface area contributed by atoms with E-state index in [2.05, 4.69) is 86.7 Å². The van der Waals surface area contributed by atoms with Gasteiger partial charge in [-0.15, -0.1) is 0 Å². The first-order valence-corrected chi connectivity index (χ1v) is 10.9. The highest BCUT2D eigenvalue weighted by Gasteiger charge is 2.38. The van der Waals surface area contributed by atoms with Crippen molar-refractivity contribution in [1.82, 2.24) is 0 Å². The minimum Gasteiger partial charge on any atom is -0.478 e. The van der Waals surface area contributed by atoms with Gasteiger partial charge in [0.05, 0.1) is 12.0 Å². The monoisotopic (exact) mass is 363 g/mol. The number of rotatable bonds is 5. The van der Waals surface area contributed by atoms with Gasteiger partial charge in [-0.05, 0) is 30.9 Å². The molecule has 0 radical (unpaired) electrons. The fourth-order valence-electron chi connectivity index (χ4n) is 3.79. The standard InChI is InChI=1S/C23H26NOP/c1-17(2)21-16-25-23(24-21)20-14-9-15-22(20)26(18-10-5-3-6-11-18)19-12-7-4-8-13-19/h3-14,17,20-22H,15-16H2,1-2H3/t20?,21-,22?/m1/s1. The van der Waals surface area contributed by atoms with Crippen LogP contribution in [0.5, 0.6) is 0 Å². The zero-order valence-electron chi connectivity index (χ0n) is 15.5. The summed E-state index contributed by atoms with van der Waals surface area (Å²) in [7, 11) is -0.460. The Morgan fingerprint density at radius 2 is 1.58 bits per heavy atom. The van der Waals surface area contributed by atoms with E-state index in [1.54, 1.807) is 0 Å². The highest BCUT2D eigenvalue weighted by molar-refractivity contribution is 7.73. The first-order chi connectivity index (χ1) is 12.7. The molecular formula is C23H26NOP. The van der Waals surface area contributed by atoms with Gasteiger partial charge in [0, 0.05) is 5.66 Å². The predicted octanol–water partition coefficient (Wildman–Crippen LogP) is 4.52. The van der Waals surface area contributed by atoms with Gasteiger partial charge < -0.3 is 4.74 Å². The van der Waals surface area contributed by atoms with E-state index in [9.17, 15) is 0 Å². The van der Waals surface area contributed by atoms with Crippen molar-refractivity contribution in [2.75, 3.05) is 6.61 Å². The van der Waals surface area contributed by atoms with Crippen LogP contribution >= 0.6 is 7.92 Å². The van der Waals surface area contributed by atoms with E-state index in [-0.39, 0.29) is 0 Å². The van der Waals surface area contributed by atoms with Crippen LogP contribution in [0.25, 0.3) is 0 Å². The lowest BCUT2D eigenvalue weighted by atomic mass is 10.1. The van der Waals surface area contributed by atoms with E-state index in [0.29, 0.717) is 23.5 Å². The van der Waals surface area contributed by atoms with Gasteiger partial charge in [0.25, 0.3) is 0 Å². The average molecular weight is 363 g/mol. The van der Waals surface area contributed by atoms with Crippen molar-refractivity contribution in [3.05, 3.63) is 72.8 Å². The van der Waals surface area contributed by atoms with Gasteiger partial charge in [0.1, 0.15) is 6.61 Å². The minimum absolute atomic E-state index is 0.297. The highest BCUT2D eigenvalue weighted by Crippen LogP contribution is 2.48. The summed E-state index contributed by atoms with van der Waals surface area (Å²) in [4.78, 5) is 4.94. The van der Waals surface area contributed by atoms with E-state index in [4.69, 9.17) is 9.73 Å². The second kappa shape index (κ2) is 7.76. The molecule has 0 bridgehead atoms. The minimum atomic E-state index is -0.460. The van der Waals surface area contributed by atoms with Crippen molar-refractivity contribution in [3.8, 4) is 0 Å². The molecule has 0 aromatic heterocycles. The lowest BCUT2D eigenvalue weighted by Gasteiger charge is -2.29. The number of benzene rings is 2. The Morgan fingerprint density at radius 1 is 0.962 bits per heavy atom. The fraction of sp³-hybridized carbons (Fsp3) is 0.348. The molecule has 0 spiro atoms. The molecule has 0 fully saturated rings. The molecule has 0 saturated carbocycles.